The van der Waals surface area contributed by atoms with E-state index in [1.54, 1.807) is 19.2 Å². The van der Waals surface area contributed by atoms with E-state index in [9.17, 15) is 18.5 Å². The molecule has 3 aromatic rings. The van der Waals surface area contributed by atoms with Crippen LogP contribution >= 0.6 is 11.3 Å². The van der Waals surface area contributed by atoms with E-state index in [1.807, 2.05) is 0 Å². The molecular formula is C20H21FN6O3S2. The average molecular weight is 477 g/mol. The zero-order chi connectivity index (χ0) is 23.1. The Kier molecular flexibility index (Phi) is 5.79. The number of urea groups is 1. The summed E-state index contributed by atoms with van der Waals surface area (Å²) in [7, 11) is -3.54. The summed E-state index contributed by atoms with van der Waals surface area (Å²) in [5.41, 5.74) is 1.81. The van der Waals surface area contributed by atoms with Gasteiger partial charge >= 0.3 is 6.03 Å². The molecule has 32 heavy (non-hydrogen) atoms. The minimum Gasteiger partial charge on any atom is -0.386 e. The summed E-state index contributed by atoms with van der Waals surface area (Å²) in [6, 6.07) is 0.575. The molecule has 2 amide bonds. The number of thiophene rings is 1. The summed E-state index contributed by atoms with van der Waals surface area (Å²) in [5, 5.41) is 20.3. The van der Waals surface area contributed by atoms with E-state index in [-0.39, 0.29) is 10.0 Å². The highest BCUT2D eigenvalue weighted by atomic mass is 32.2. The number of nitrogens with zero attached hydrogens (tertiary/aromatic N) is 4. The molecule has 9 nitrogen and oxygen atoms in total. The van der Waals surface area contributed by atoms with E-state index < -0.39 is 27.4 Å². The molecule has 0 aliphatic heterocycles. The monoisotopic (exact) mass is 476 g/mol. The van der Waals surface area contributed by atoms with Crippen molar-refractivity contribution in [3.8, 4) is 11.4 Å². The molecule has 0 fully saturated rings. The summed E-state index contributed by atoms with van der Waals surface area (Å²) in [6.07, 6.45) is 5.85. The molecule has 12 heteroatoms. The normalized spacial score (nSPS) is 15.2. The minimum atomic E-state index is -3.54. The lowest BCUT2D eigenvalue weighted by Crippen LogP contribution is -2.18. The summed E-state index contributed by atoms with van der Waals surface area (Å²) < 4.78 is 30.1. The standard InChI is InChI=1S/C20H21FN6O3S2/c1-20(2,29)11-6-16(31-10-11)32(22,30)27-19(28)26-17-13-4-3-5-15(13)23-9-14(17)18-24-7-12(21)8-25-18/h6-10,29H,3-5H2,1-2H3,(H3,22,23,26,27,28,30). The number of aryl methyl sites for hydroxylation is 1. The molecule has 0 aromatic carbocycles. The Bertz CT molecular complexity index is 1310. The molecule has 1 aliphatic carbocycles. The zero-order valence-electron chi connectivity index (χ0n) is 17.3. The molecule has 1 aliphatic rings. The first-order valence-electron chi connectivity index (χ1n) is 9.70. The number of aliphatic hydroxyl groups is 1. The van der Waals surface area contributed by atoms with Crippen molar-refractivity contribution in [3.63, 3.8) is 0 Å². The summed E-state index contributed by atoms with van der Waals surface area (Å²) in [5.74, 6) is -0.404. The van der Waals surface area contributed by atoms with Gasteiger partial charge in [-0.25, -0.2) is 28.5 Å². The molecular weight excluding hydrogens is 455 g/mol. The molecule has 0 saturated carbocycles. The van der Waals surface area contributed by atoms with Crippen LogP contribution in [0.3, 0.4) is 0 Å². The number of amides is 2. The Morgan fingerprint density at radius 3 is 2.66 bits per heavy atom. The van der Waals surface area contributed by atoms with Gasteiger partial charge in [0.15, 0.2) is 21.6 Å². The summed E-state index contributed by atoms with van der Waals surface area (Å²) in [6.45, 7) is 3.17. The molecule has 1 unspecified atom stereocenters. The Labute approximate surface area is 188 Å². The Hall–Kier alpha value is -2.80. The summed E-state index contributed by atoms with van der Waals surface area (Å²) in [4.78, 5) is 25.1. The van der Waals surface area contributed by atoms with Crippen molar-refractivity contribution in [2.75, 3.05) is 5.32 Å². The van der Waals surface area contributed by atoms with E-state index in [1.165, 1.54) is 12.3 Å². The summed E-state index contributed by atoms with van der Waals surface area (Å²) >= 11 is 1.05. The number of pyridine rings is 1. The number of hydrogen-bond donors (Lipinski definition) is 3. The Balaban J connectivity index is 1.70. The number of rotatable bonds is 4. The highest BCUT2D eigenvalue weighted by molar-refractivity contribution is 7.93. The fraction of sp³-hybridized carbons (Fsp3) is 0.300. The average Bonchev–Trinajstić information content (AvgIpc) is 3.38. The quantitative estimate of drug-likeness (QED) is 0.527. The number of carbonyl (C=O) groups excluding carboxylic acids is 1. The van der Waals surface area contributed by atoms with Crippen LogP contribution in [0, 0.1) is 5.82 Å². The van der Waals surface area contributed by atoms with E-state index in [4.69, 9.17) is 5.14 Å². The number of carbonyl (C=O) groups is 1. The topological polar surface area (TPSA) is 143 Å². The first kappa shape index (κ1) is 22.4. The predicted octanol–water partition coefficient (Wildman–Crippen LogP) is 3.39. The maximum atomic E-state index is 13.3. The van der Waals surface area contributed by atoms with Crippen molar-refractivity contribution < 1.29 is 18.5 Å². The van der Waals surface area contributed by atoms with Gasteiger partial charge in [0, 0.05) is 11.9 Å². The van der Waals surface area contributed by atoms with Crippen LogP contribution in [-0.2, 0) is 28.4 Å². The number of nitrogens with two attached hydrogens (primary N) is 1. The van der Waals surface area contributed by atoms with Crippen molar-refractivity contribution in [2.24, 2.45) is 9.50 Å². The van der Waals surface area contributed by atoms with Gasteiger partial charge in [-0.15, -0.1) is 15.7 Å². The lowest BCUT2D eigenvalue weighted by Gasteiger charge is -2.14. The van der Waals surface area contributed by atoms with Crippen LogP contribution in [0.5, 0.6) is 0 Å². The lowest BCUT2D eigenvalue weighted by atomic mass is 10.0. The Morgan fingerprint density at radius 2 is 2.00 bits per heavy atom. The minimum absolute atomic E-state index is 0.173. The zero-order valence-corrected chi connectivity index (χ0v) is 19.0. The third-order valence-electron chi connectivity index (χ3n) is 4.99. The van der Waals surface area contributed by atoms with Gasteiger partial charge in [-0.05, 0) is 55.7 Å². The second-order valence-corrected chi connectivity index (χ2v) is 10.8. The molecule has 1 atom stereocenters. The molecule has 0 bridgehead atoms. The number of fused-ring (bicyclic) bond motifs is 1. The maximum Gasteiger partial charge on any atom is 0.354 e. The number of anilines is 1. The fourth-order valence-electron chi connectivity index (χ4n) is 3.36. The molecule has 4 N–H and O–H groups in total. The number of aromatic nitrogens is 3. The first-order chi connectivity index (χ1) is 15.0. The second-order valence-electron chi connectivity index (χ2n) is 7.85. The molecule has 168 valence electrons. The van der Waals surface area contributed by atoms with Crippen LogP contribution < -0.4 is 10.5 Å². The predicted molar refractivity (Wildman–Crippen MR) is 119 cm³/mol. The van der Waals surface area contributed by atoms with Crippen LogP contribution in [0.2, 0.25) is 0 Å². The van der Waals surface area contributed by atoms with Crippen molar-refractivity contribution in [2.45, 2.75) is 42.9 Å². The molecule has 4 rings (SSSR count). The van der Waals surface area contributed by atoms with Crippen molar-refractivity contribution in [1.82, 2.24) is 15.0 Å². The van der Waals surface area contributed by atoms with Crippen LogP contribution in [0.15, 0.2) is 38.6 Å². The van der Waals surface area contributed by atoms with Gasteiger partial charge in [-0.1, -0.05) is 0 Å². The van der Waals surface area contributed by atoms with Gasteiger partial charge in [0.1, 0.15) is 4.21 Å². The SMILES string of the molecule is CC(C)(O)c1csc(S(N)(=O)=NC(=O)Nc2c(-c3ncc(F)cn3)cnc3c2CCC3)c1. The van der Waals surface area contributed by atoms with Crippen LogP contribution in [0.1, 0.15) is 37.1 Å². The number of hydrogen-bond acceptors (Lipinski definition) is 7. The highest BCUT2D eigenvalue weighted by Crippen LogP contribution is 2.35. The molecule has 3 heterocycles. The van der Waals surface area contributed by atoms with Crippen molar-refractivity contribution >= 4 is 33.0 Å². The second kappa shape index (κ2) is 8.28. The van der Waals surface area contributed by atoms with Gasteiger partial charge in [0.25, 0.3) is 0 Å². The van der Waals surface area contributed by atoms with E-state index in [0.29, 0.717) is 23.2 Å². The first-order valence-corrected chi connectivity index (χ1v) is 12.2. The molecule has 0 saturated heterocycles. The molecule has 0 radical (unpaired) electrons. The fourth-order valence-corrected chi connectivity index (χ4v) is 5.64. The van der Waals surface area contributed by atoms with Crippen LogP contribution in [0.25, 0.3) is 11.4 Å². The third-order valence-corrected chi connectivity index (χ3v) is 7.85. The molecule has 0 spiro atoms. The van der Waals surface area contributed by atoms with Gasteiger partial charge < -0.3 is 10.4 Å². The lowest BCUT2D eigenvalue weighted by molar-refractivity contribution is 0.0789. The van der Waals surface area contributed by atoms with E-state index in [0.717, 1.165) is 47.8 Å². The van der Waals surface area contributed by atoms with Gasteiger partial charge in [-0.2, -0.15) is 0 Å². The third kappa shape index (κ3) is 4.53. The van der Waals surface area contributed by atoms with E-state index in [2.05, 4.69) is 24.6 Å². The smallest absolute Gasteiger partial charge is 0.354 e. The molecule has 3 aromatic heterocycles. The van der Waals surface area contributed by atoms with Gasteiger partial charge in [0.2, 0.25) is 0 Å². The Morgan fingerprint density at radius 1 is 1.28 bits per heavy atom. The number of nitrogens with one attached hydrogen (secondary N) is 1. The van der Waals surface area contributed by atoms with Gasteiger partial charge in [0.05, 0.1) is 29.2 Å². The van der Waals surface area contributed by atoms with Crippen LogP contribution in [0.4, 0.5) is 14.9 Å². The van der Waals surface area contributed by atoms with Crippen LogP contribution in [-0.4, -0.2) is 30.3 Å². The maximum absolute atomic E-state index is 13.3. The van der Waals surface area contributed by atoms with Gasteiger partial charge in [-0.3, -0.25) is 4.98 Å². The van der Waals surface area contributed by atoms with E-state index >= 15 is 0 Å². The highest BCUT2D eigenvalue weighted by Gasteiger charge is 2.24. The van der Waals surface area contributed by atoms with Crippen molar-refractivity contribution in [3.05, 3.63) is 52.7 Å². The van der Waals surface area contributed by atoms with Crippen molar-refractivity contribution in [1.29, 1.82) is 0 Å². The largest absolute Gasteiger partial charge is 0.386 e. The number of halogens is 1.